The van der Waals surface area contributed by atoms with Crippen LogP contribution in [0.5, 0.6) is 0 Å². The second-order valence-corrected chi connectivity index (χ2v) is 10.9. The quantitative estimate of drug-likeness (QED) is 0.119. The molecule has 0 radical (unpaired) electrons. The van der Waals surface area contributed by atoms with Gasteiger partial charge in [-0.2, -0.15) is 0 Å². The maximum atomic E-state index is 13.0. The van der Waals surface area contributed by atoms with Crippen molar-refractivity contribution in [3.05, 3.63) is 67.2 Å². The second-order valence-electron chi connectivity index (χ2n) is 10.9. The molecule has 0 spiro atoms. The van der Waals surface area contributed by atoms with Crippen LogP contribution in [0.4, 0.5) is 0 Å². The summed E-state index contributed by atoms with van der Waals surface area (Å²) in [6.45, 7) is 2.93. The maximum Gasteiger partial charge on any atom is 0.338 e. The Kier molecular flexibility index (Phi) is 11.8. The summed E-state index contributed by atoms with van der Waals surface area (Å²) in [5.41, 5.74) is 27.7. The van der Waals surface area contributed by atoms with Gasteiger partial charge in [-0.05, 0) is 41.6 Å². The molecule has 1 saturated carbocycles. The molecule has 3 aliphatic rings. The van der Waals surface area contributed by atoms with Gasteiger partial charge in [-0.15, -0.1) is 0 Å². The zero-order chi connectivity index (χ0) is 32.7. The fourth-order valence-corrected chi connectivity index (χ4v) is 5.86. The van der Waals surface area contributed by atoms with Gasteiger partial charge in [0.05, 0.1) is 42.6 Å². The SMILES string of the molecule is CC[C@H]1O[C@@H](OC2[C@H](O)C(CO)O[C@H](O[C@@H]3C(N=[N+]=[N-])C[C@@H](N=[N+]=[N-])[C@@H](O)C3O)[C@H]2N=[N+]=[N-])C(OC(=O)c2ccccc2)[C@H]1C. The molecule has 4 N–H and O–H groups in total. The van der Waals surface area contributed by atoms with Crippen LogP contribution in [0.15, 0.2) is 45.7 Å². The van der Waals surface area contributed by atoms with E-state index in [9.17, 15) is 30.8 Å². The number of benzene rings is 1. The zero-order valence-electron chi connectivity index (χ0n) is 24.4. The predicted molar refractivity (Wildman–Crippen MR) is 151 cm³/mol. The number of aliphatic hydroxyl groups excluding tert-OH is 4. The molecule has 244 valence electrons. The molecule has 2 saturated heterocycles. The minimum absolute atomic E-state index is 0.206. The minimum Gasteiger partial charge on any atom is -0.453 e. The zero-order valence-corrected chi connectivity index (χ0v) is 24.4. The molecular formula is C26H35N9O10. The molecule has 45 heavy (non-hydrogen) atoms. The van der Waals surface area contributed by atoms with Crippen molar-refractivity contribution in [2.75, 3.05) is 6.61 Å². The Labute approximate surface area is 256 Å². The Bertz CT molecular complexity index is 1310. The van der Waals surface area contributed by atoms with Crippen LogP contribution in [0, 0.1) is 5.92 Å². The van der Waals surface area contributed by atoms with E-state index in [4.69, 9.17) is 34.7 Å². The van der Waals surface area contributed by atoms with Gasteiger partial charge in [0.15, 0.2) is 18.7 Å². The van der Waals surface area contributed by atoms with Gasteiger partial charge >= 0.3 is 5.97 Å². The Morgan fingerprint density at radius 3 is 2.11 bits per heavy atom. The monoisotopic (exact) mass is 633 g/mol. The molecule has 0 aromatic heterocycles. The first-order chi connectivity index (χ1) is 21.7. The lowest BCUT2D eigenvalue weighted by molar-refractivity contribution is -0.316. The highest BCUT2D eigenvalue weighted by Gasteiger charge is 2.53. The van der Waals surface area contributed by atoms with Crippen LogP contribution in [0.3, 0.4) is 0 Å². The number of rotatable bonds is 11. The van der Waals surface area contributed by atoms with E-state index >= 15 is 0 Å². The highest BCUT2D eigenvalue weighted by atomic mass is 16.7. The maximum absolute atomic E-state index is 13.0. The molecule has 5 unspecified atom stereocenters. The second kappa shape index (κ2) is 15.5. The number of ether oxygens (including phenoxy) is 5. The van der Waals surface area contributed by atoms with Crippen molar-refractivity contribution in [2.24, 2.45) is 21.3 Å². The van der Waals surface area contributed by atoms with Gasteiger partial charge in [0, 0.05) is 20.7 Å². The van der Waals surface area contributed by atoms with Crippen molar-refractivity contribution in [3.8, 4) is 0 Å². The van der Waals surface area contributed by atoms with Gasteiger partial charge in [0.25, 0.3) is 0 Å². The van der Waals surface area contributed by atoms with E-state index in [0.29, 0.717) is 12.0 Å². The van der Waals surface area contributed by atoms with Crippen LogP contribution in [0.2, 0.25) is 0 Å². The molecule has 0 amide bonds. The number of hydrogen-bond acceptors (Lipinski definition) is 13. The fourth-order valence-electron chi connectivity index (χ4n) is 5.86. The summed E-state index contributed by atoms with van der Waals surface area (Å²) in [6.07, 6.45) is -13.2. The third-order valence-electron chi connectivity index (χ3n) is 8.27. The fraction of sp³-hybridized carbons (Fsp3) is 0.731. The smallest absolute Gasteiger partial charge is 0.338 e. The molecule has 1 aromatic carbocycles. The molecule has 14 atom stereocenters. The third kappa shape index (κ3) is 7.41. The van der Waals surface area contributed by atoms with Crippen LogP contribution in [-0.2, 0) is 23.7 Å². The van der Waals surface area contributed by atoms with E-state index in [-0.39, 0.29) is 12.3 Å². The summed E-state index contributed by atoms with van der Waals surface area (Å²) in [5.74, 6) is -0.987. The molecule has 19 heteroatoms. The van der Waals surface area contributed by atoms with E-state index in [1.54, 1.807) is 30.3 Å². The van der Waals surface area contributed by atoms with Crippen molar-refractivity contribution >= 4 is 5.97 Å². The molecule has 19 nitrogen and oxygen atoms in total. The first-order valence-corrected chi connectivity index (χ1v) is 14.3. The molecule has 0 bridgehead atoms. The van der Waals surface area contributed by atoms with Crippen molar-refractivity contribution < 1.29 is 48.9 Å². The predicted octanol–water partition coefficient (Wildman–Crippen LogP) is 1.99. The number of carbonyl (C=O) groups is 1. The molecule has 2 heterocycles. The Hall–Kier alpha value is -3.70. The van der Waals surface area contributed by atoms with E-state index < -0.39 is 92.1 Å². The van der Waals surface area contributed by atoms with Crippen LogP contribution in [0.25, 0.3) is 31.3 Å². The molecular weight excluding hydrogens is 598 g/mol. The summed E-state index contributed by atoms with van der Waals surface area (Å²) < 4.78 is 29.7. The number of carbonyl (C=O) groups excluding carboxylic acids is 1. The van der Waals surface area contributed by atoms with Crippen LogP contribution in [0.1, 0.15) is 37.0 Å². The van der Waals surface area contributed by atoms with Crippen LogP contribution >= 0.6 is 0 Å². The van der Waals surface area contributed by atoms with Gasteiger partial charge in [0.1, 0.15) is 30.5 Å². The average molecular weight is 634 g/mol. The van der Waals surface area contributed by atoms with Crippen LogP contribution in [-0.4, -0.2) is 113 Å². The average Bonchev–Trinajstić information content (AvgIpc) is 3.34. The number of azide groups is 3. The first-order valence-electron chi connectivity index (χ1n) is 14.3. The van der Waals surface area contributed by atoms with E-state index in [0.717, 1.165) is 0 Å². The van der Waals surface area contributed by atoms with Crippen LogP contribution < -0.4 is 0 Å². The molecule has 3 fully saturated rings. The normalized spacial score (nSPS) is 39.5. The first kappa shape index (κ1) is 34.2. The lowest BCUT2D eigenvalue weighted by Crippen LogP contribution is -2.63. The number of aliphatic hydroxyl groups is 4. The minimum atomic E-state index is -1.76. The highest BCUT2D eigenvalue weighted by Crippen LogP contribution is 2.38. The van der Waals surface area contributed by atoms with Gasteiger partial charge in [-0.3, -0.25) is 0 Å². The van der Waals surface area contributed by atoms with Crippen molar-refractivity contribution in [1.29, 1.82) is 0 Å². The Morgan fingerprint density at radius 2 is 1.49 bits per heavy atom. The summed E-state index contributed by atoms with van der Waals surface area (Å²) >= 11 is 0. The summed E-state index contributed by atoms with van der Waals surface area (Å²) in [4.78, 5) is 21.2. The standard InChI is InChI=1S/C26H35N9O10/c1-3-15-11(2)21(43-24(40)12-7-5-4-6-8-12)26(41-15)45-23-17(32-35-29)25(42-16(10-36)19(23)38)44-22-14(31-34-28)9-13(30-33-27)18(37)20(22)39/h4-8,11,13-23,25-26,36-39H,3,9-10H2,1-2H3/t11-,13+,14?,15+,16?,17-,18+,19+,20?,21?,22+,23?,25+,26-/m0/s1. The van der Waals surface area contributed by atoms with E-state index in [2.05, 4.69) is 30.1 Å². The number of hydrogen-bond donors (Lipinski definition) is 4. The van der Waals surface area contributed by atoms with Crippen molar-refractivity contribution in [2.45, 2.75) is 106 Å². The van der Waals surface area contributed by atoms with Gasteiger partial charge in [0.2, 0.25) is 0 Å². The molecule has 1 aromatic rings. The summed E-state index contributed by atoms with van der Waals surface area (Å²) in [6, 6.07) is 4.45. The van der Waals surface area contributed by atoms with E-state index in [1.807, 2.05) is 13.8 Å². The largest absolute Gasteiger partial charge is 0.453 e. The Morgan fingerprint density at radius 1 is 0.867 bits per heavy atom. The van der Waals surface area contributed by atoms with Gasteiger partial charge in [-0.25, -0.2) is 4.79 Å². The molecule has 4 rings (SSSR count). The lowest BCUT2D eigenvalue weighted by Gasteiger charge is -2.46. The van der Waals surface area contributed by atoms with Gasteiger partial charge in [-0.1, -0.05) is 47.4 Å². The van der Waals surface area contributed by atoms with Gasteiger partial charge < -0.3 is 44.1 Å². The Balaban J connectivity index is 1.62. The lowest BCUT2D eigenvalue weighted by atomic mass is 9.84. The molecule has 1 aliphatic carbocycles. The van der Waals surface area contributed by atoms with Crippen molar-refractivity contribution in [3.63, 3.8) is 0 Å². The number of nitrogens with zero attached hydrogens (tertiary/aromatic N) is 9. The third-order valence-corrected chi connectivity index (χ3v) is 8.27. The number of esters is 1. The molecule has 2 aliphatic heterocycles. The van der Waals surface area contributed by atoms with Crippen molar-refractivity contribution in [1.82, 2.24) is 0 Å². The van der Waals surface area contributed by atoms with E-state index in [1.165, 1.54) is 0 Å². The summed E-state index contributed by atoms with van der Waals surface area (Å²) in [7, 11) is 0. The topological polar surface area (TPSA) is 290 Å². The highest BCUT2D eigenvalue weighted by molar-refractivity contribution is 5.89. The summed E-state index contributed by atoms with van der Waals surface area (Å²) in [5, 5.41) is 53.3.